The number of benzene rings is 2. The Bertz CT molecular complexity index is 835. The van der Waals surface area contributed by atoms with Gasteiger partial charge in [0.25, 0.3) is 0 Å². The summed E-state index contributed by atoms with van der Waals surface area (Å²) >= 11 is 0. The van der Waals surface area contributed by atoms with Crippen molar-refractivity contribution in [3.63, 3.8) is 0 Å². The van der Waals surface area contributed by atoms with Gasteiger partial charge in [-0.3, -0.25) is 4.98 Å². The number of fused-ring (bicyclic) bond motifs is 1. The lowest BCUT2D eigenvalue weighted by Gasteiger charge is -2.11. The number of rotatable bonds is 6. The van der Waals surface area contributed by atoms with Gasteiger partial charge in [0.05, 0.1) is 12.1 Å². The number of ether oxygens (including phenoxy) is 3. The molecule has 0 spiro atoms. The molecule has 3 rings (SSSR count). The number of hydrogen-bond donors (Lipinski definition) is 0. The average Bonchev–Trinajstić information content (AvgIpc) is 2.58. The van der Waals surface area contributed by atoms with Crippen molar-refractivity contribution < 1.29 is 23.0 Å². The highest BCUT2D eigenvalue weighted by molar-refractivity contribution is 5.86. The molecule has 0 aliphatic rings. The van der Waals surface area contributed by atoms with Crippen LogP contribution in [-0.4, -0.2) is 25.3 Å². The van der Waals surface area contributed by atoms with Crippen LogP contribution in [0.4, 0.5) is 8.78 Å². The summed E-state index contributed by atoms with van der Waals surface area (Å²) in [7, 11) is 1.59. The highest BCUT2D eigenvalue weighted by Gasteiger charge is 2.13. The molecule has 3 aromatic rings. The van der Waals surface area contributed by atoms with E-state index in [1.165, 1.54) is 12.3 Å². The first-order valence-corrected chi connectivity index (χ1v) is 7.31. The molecule has 2 aromatic carbocycles. The van der Waals surface area contributed by atoms with Crippen molar-refractivity contribution in [3.8, 4) is 17.2 Å². The Kier molecular flexibility index (Phi) is 4.86. The van der Waals surface area contributed by atoms with Crippen molar-refractivity contribution in [2.45, 2.75) is 0 Å². The van der Waals surface area contributed by atoms with E-state index >= 15 is 0 Å². The molecule has 0 aliphatic heterocycles. The maximum absolute atomic E-state index is 13.8. The van der Waals surface area contributed by atoms with Gasteiger partial charge >= 0.3 is 0 Å². The minimum absolute atomic E-state index is 0.312. The van der Waals surface area contributed by atoms with E-state index in [0.717, 1.165) is 12.1 Å². The maximum Gasteiger partial charge on any atom is 0.198 e. The van der Waals surface area contributed by atoms with Crippen LogP contribution in [0.3, 0.4) is 0 Å². The number of pyridine rings is 1. The molecule has 0 saturated carbocycles. The summed E-state index contributed by atoms with van der Waals surface area (Å²) < 4.78 is 43.4. The molecular formula is C18H15F2NO3. The quantitative estimate of drug-likeness (QED) is 0.630. The summed E-state index contributed by atoms with van der Waals surface area (Å²) in [6.45, 7) is 0.889. The predicted octanol–water partition coefficient (Wildman–Crippen LogP) is 4.33. The fourth-order valence-electron chi connectivity index (χ4n) is 2.21. The zero-order chi connectivity index (χ0) is 16.9. The van der Waals surface area contributed by atoms with Crippen LogP contribution in [-0.2, 0) is 4.74 Å². The Hall–Kier alpha value is -2.73. The highest BCUT2D eigenvalue weighted by Crippen LogP contribution is 2.33. The zero-order valence-corrected chi connectivity index (χ0v) is 13.0. The van der Waals surface area contributed by atoms with E-state index in [-0.39, 0.29) is 0 Å². The second kappa shape index (κ2) is 7.23. The van der Waals surface area contributed by atoms with Crippen LogP contribution >= 0.6 is 0 Å². The van der Waals surface area contributed by atoms with Gasteiger partial charge in [-0.1, -0.05) is 6.07 Å². The molecular weight excluding hydrogens is 316 g/mol. The number of halogens is 2. The van der Waals surface area contributed by atoms with Gasteiger partial charge in [0.1, 0.15) is 18.1 Å². The fraction of sp³-hybridized carbons (Fsp3) is 0.167. The minimum atomic E-state index is -0.764. The van der Waals surface area contributed by atoms with Crippen LogP contribution in [0.1, 0.15) is 0 Å². The molecule has 1 aromatic heterocycles. The van der Waals surface area contributed by atoms with Gasteiger partial charge in [0.15, 0.2) is 17.4 Å². The number of nitrogens with zero attached hydrogens (tertiary/aromatic N) is 1. The summed E-state index contributed by atoms with van der Waals surface area (Å²) in [5.41, 5.74) is 0.596. The third-order valence-corrected chi connectivity index (χ3v) is 3.36. The molecule has 0 fully saturated rings. The van der Waals surface area contributed by atoms with E-state index in [4.69, 9.17) is 14.2 Å². The van der Waals surface area contributed by atoms with Gasteiger partial charge in [-0.15, -0.1) is 0 Å². The van der Waals surface area contributed by atoms with Crippen molar-refractivity contribution >= 4 is 10.9 Å². The van der Waals surface area contributed by atoms with E-state index in [9.17, 15) is 8.78 Å². The Morgan fingerprint density at radius 3 is 2.54 bits per heavy atom. The predicted molar refractivity (Wildman–Crippen MR) is 85.5 cm³/mol. The molecule has 0 bridgehead atoms. The van der Waals surface area contributed by atoms with E-state index in [2.05, 4.69) is 4.98 Å². The van der Waals surface area contributed by atoms with E-state index in [0.29, 0.717) is 35.6 Å². The standard InChI is InChI=1S/C18H15F2NO3/c1-22-9-10-23-12-5-6-13-16(11-12)21-8-7-17(13)24-18-14(19)3-2-4-15(18)20/h2-8,11H,9-10H2,1H3. The molecule has 6 heteroatoms. The Balaban J connectivity index is 1.92. The third-order valence-electron chi connectivity index (χ3n) is 3.36. The van der Waals surface area contributed by atoms with Gasteiger partial charge < -0.3 is 14.2 Å². The van der Waals surface area contributed by atoms with Crippen LogP contribution in [0.15, 0.2) is 48.7 Å². The minimum Gasteiger partial charge on any atom is -0.491 e. The molecule has 124 valence electrons. The van der Waals surface area contributed by atoms with Crippen molar-refractivity contribution in [2.75, 3.05) is 20.3 Å². The number of methoxy groups -OCH3 is 1. The lowest BCUT2D eigenvalue weighted by Crippen LogP contribution is -2.04. The van der Waals surface area contributed by atoms with Gasteiger partial charge in [-0.25, -0.2) is 8.78 Å². The second-order valence-corrected chi connectivity index (χ2v) is 4.98. The summed E-state index contributed by atoms with van der Waals surface area (Å²) in [4.78, 5) is 4.24. The van der Waals surface area contributed by atoms with Crippen LogP contribution in [0.25, 0.3) is 10.9 Å². The smallest absolute Gasteiger partial charge is 0.198 e. The normalized spacial score (nSPS) is 10.8. The molecule has 0 unspecified atom stereocenters. The van der Waals surface area contributed by atoms with Crippen LogP contribution in [0.5, 0.6) is 17.2 Å². The molecule has 0 aliphatic carbocycles. The first kappa shape index (κ1) is 16.1. The monoisotopic (exact) mass is 331 g/mol. The van der Waals surface area contributed by atoms with Gasteiger partial charge in [0.2, 0.25) is 0 Å². The molecule has 0 saturated heterocycles. The Morgan fingerprint density at radius 1 is 1.00 bits per heavy atom. The topological polar surface area (TPSA) is 40.6 Å². The van der Waals surface area contributed by atoms with E-state index in [1.54, 1.807) is 31.4 Å². The Labute approximate surface area is 137 Å². The summed E-state index contributed by atoms with van der Waals surface area (Å²) in [5, 5.41) is 0.624. The van der Waals surface area contributed by atoms with Gasteiger partial charge in [-0.05, 0) is 30.3 Å². The molecule has 4 nitrogen and oxygen atoms in total. The molecule has 24 heavy (non-hydrogen) atoms. The van der Waals surface area contributed by atoms with Crippen molar-refractivity contribution in [2.24, 2.45) is 0 Å². The second-order valence-electron chi connectivity index (χ2n) is 4.98. The fourth-order valence-corrected chi connectivity index (χ4v) is 2.21. The molecule has 0 atom stereocenters. The van der Waals surface area contributed by atoms with Gasteiger partial charge in [0, 0.05) is 24.8 Å². The molecule has 0 radical (unpaired) electrons. The molecule has 0 amide bonds. The molecule has 0 N–H and O–H groups in total. The number of aromatic nitrogens is 1. The van der Waals surface area contributed by atoms with E-state index in [1.807, 2.05) is 0 Å². The molecule has 1 heterocycles. The van der Waals surface area contributed by atoms with Crippen molar-refractivity contribution in [3.05, 3.63) is 60.3 Å². The number of hydrogen-bond acceptors (Lipinski definition) is 4. The summed E-state index contributed by atoms with van der Waals surface area (Å²) in [6.07, 6.45) is 1.51. The van der Waals surface area contributed by atoms with Crippen molar-refractivity contribution in [1.82, 2.24) is 4.98 Å². The lowest BCUT2D eigenvalue weighted by molar-refractivity contribution is 0.146. The largest absolute Gasteiger partial charge is 0.491 e. The van der Waals surface area contributed by atoms with Crippen LogP contribution < -0.4 is 9.47 Å². The number of para-hydroxylation sites is 1. The van der Waals surface area contributed by atoms with Crippen LogP contribution in [0, 0.1) is 11.6 Å². The van der Waals surface area contributed by atoms with Crippen LogP contribution in [0.2, 0.25) is 0 Å². The summed E-state index contributed by atoms with van der Waals surface area (Å²) in [5.74, 6) is -1.03. The first-order chi connectivity index (χ1) is 11.7. The zero-order valence-electron chi connectivity index (χ0n) is 13.0. The van der Waals surface area contributed by atoms with E-state index < -0.39 is 17.4 Å². The lowest BCUT2D eigenvalue weighted by atomic mass is 10.2. The summed E-state index contributed by atoms with van der Waals surface area (Å²) in [6, 6.07) is 10.3. The maximum atomic E-state index is 13.8. The third kappa shape index (κ3) is 3.44. The highest BCUT2D eigenvalue weighted by atomic mass is 19.1. The average molecular weight is 331 g/mol. The van der Waals surface area contributed by atoms with Crippen molar-refractivity contribution in [1.29, 1.82) is 0 Å². The SMILES string of the molecule is COCCOc1ccc2c(Oc3c(F)cccc3F)ccnc2c1. The van der Waals surface area contributed by atoms with Gasteiger partial charge in [-0.2, -0.15) is 0 Å². The first-order valence-electron chi connectivity index (χ1n) is 7.31. The Morgan fingerprint density at radius 2 is 1.79 bits per heavy atom.